The Balaban J connectivity index is 2.38. The lowest BCUT2D eigenvalue weighted by Gasteiger charge is -2.19. The van der Waals surface area contributed by atoms with Gasteiger partial charge in [0.2, 0.25) is 0 Å². The zero-order chi connectivity index (χ0) is 13.1. The van der Waals surface area contributed by atoms with Crippen molar-refractivity contribution >= 4 is 34.7 Å². The van der Waals surface area contributed by atoms with Crippen molar-refractivity contribution in [3.05, 3.63) is 39.4 Å². The van der Waals surface area contributed by atoms with Crippen molar-refractivity contribution in [2.75, 3.05) is 6.61 Å². The SMILES string of the molecule is CCOC(=O)C=C1CCCc2cc(Cl)c(Cl)cc21. The van der Waals surface area contributed by atoms with Gasteiger partial charge in [-0.3, -0.25) is 0 Å². The molecule has 0 spiro atoms. The molecule has 0 saturated carbocycles. The van der Waals surface area contributed by atoms with Gasteiger partial charge in [-0.1, -0.05) is 23.2 Å². The monoisotopic (exact) mass is 284 g/mol. The molecular weight excluding hydrogens is 271 g/mol. The van der Waals surface area contributed by atoms with Gasteiger partial charge in [-0.25, -0.2) is 4.79 Å². The minimum absolute atomic E-state index is 0.300. The normalized spacial score (nSPS) is 16.5. The van der Waals surface area contributed by atoms with Gasteiger partial charge in [0.1, 0.15) is 0 Å². The Morgan fingerprint density at radius 2 is 2.06 bits per heavy atom. The van der Waals surface area contributed by atoms with Gasteiger partial charge in [0.15, 0.2) is 0 Å². The molecule has 1 aliphatic rings. The van der Waals surface area contributed by atoms with Crippen LogP contribution in [0, 0.1) is 0 Å². The number of fused-ring (bicyclic) bond motifs is 1. The number of aryl methyl sites for hydroxylation is 1. The van der Waals surface area contributed by atoms with E-state index in [1.165, 1.54) is 0 Å². The van der Waals surface area contributed by atoms with E-state index in [4.69, 9.17) is 27.9 Å². The van der Waals surface area contributed by atoms with Crippen LogP contribution < -0.4 is 0 Å². The summed E-state index contributed by atoms with van der Waals surface area (Å²) in [5.41, 5.74) is 3.14. The molecular formula is C14H14Cl2O2. The molecule has 0 atom stereocenters. The number of carbonyl (C=O) groups is 1. The van der Waals surface area contributed by atoms with Crippen LogP contribution in [0.1, 0.15) is 30.9 Å². The van der Waals surface area contributed by atoms with E-state index >= 15 is 0 Å². The molecule has 1 aliphatic carbocycles. The van der Waals surface area contributed by atoms with E-state index in [1.54, 1.807) is 13.0 Å². The third kappa shape index (κ3) is 2.88. The zero-order valence-electron chi connectivity index (χ0n) is 10.1. The van der Waals surface area contributed by atoms with Gasteiger partial charge in [-0.15, -0.1) is 0 Å². The molecule has 0 amide bonds. The highest BCUT2D eigenvalue weighted by Gasteiger charge is 2.17. The predicted molar refractivity (Wildman–Crippen MR) is 74.0 cm³/mol. The fraction of sp³-hybridized carbons (Fsp3) is 0.357. The Hall–Kier alpha value is -0.990. The maximum Gasteiger partial charge on any atom is 0.331 e. The molecule has 4 heteroatoms. The van der Waals surface area contributed by atoms with Gasteiger partial charge in [-0.2, -0.15) is 0 Å². The number of esters is 1. The highest BCUT2D eigenvalue weighted by atomic mass is 35.5. The standard InChI is InChI=1S/C14H14Cl2O2/c1-2-18-14(17)7-10-5-3-4-9-6-12(15)13(16)8-11(9)10/h6-8H,2-5H2,1H3. The number of ether oxygens (including phenoxy) is 1. The van der Waals surface area contributed by atoms with Gasteiger partial charge in [0.25, 0.3) is 0 Å². The molecule has 0 radical (unpaired) electrons. The Labute approximate surface area is 117 Å². The van der Waals surface area contributed by atoms with E-state index in [2.05, 4.69) is 0 Å². The summed E-state index contributed by atoms with van der Waals surface area (Å²) in [6, 6.07) is 3.72. The summed E-state index contributed by atoms with van der Waals surface area (Å²) in [7, 11) is 0. The smallest absolute Gasteiger partial charge is 0.331 e. The number of hydrogen-bond acceptors (Lipinski definition) is 2. The molecule has 0 bridgehead atoms. The molecule has 0 aromatic heterocycles. The summed E-state index contributed by atoms with van der Waals surface area (Å²) in [6.45, 7) is 2.18. The Kier molecular flexibility index (Phi) is 4.31. The first-order valence-corrected chi connectivity index (χ1v) is 6.73. The van der Waals surface area contributed by atoms with Crippen LogP contribution >= 0.6 is 23.2 Å². The number of hydrogen-bond donors (Lipinski definition) is 0. The second kappa shape index (κ2) is 5.77. The summed E-state index contributed by atoms with van der Waals surface area (Å²) in [6.07, 6.45) is 4.40. The number of benzene rings is 1. The van der Waals surface area contributed by atoms with Crippen molar-refractivity contribution in [2.24, 2.45) is 0 Å². The summed E-state index contributed by atoms with van der Waals surface area (Å²) in [4.78, 5) is 11.5. The summed E-state index contributed by atoms with van der Waals surface area (Å²) in [5.74, 6) is -0.300. The van der Waals surface area contributed by atoms with E-state index in [0.717, 1.165) is 36.0 Å². The molecule has 0 unspecified atom stereocenters. The number of rotatable bonds is 2. The first kappa shape index (κ1) is 13.4. The van der Waals surface area contributed by atoms with Crippen LogP contribution in [0.4, 0.5) is 0 Å². The van der Waals surface area contributed by atoms with Crippen LogP contribution in [0.25, 0.3) is 5.57 Å². The van der Waals surface area contributed by atoms with Crippen LogP contribution in [-0.2, 0) is 16.0 Å². The zero-order valence-corrected chi connectivity index (χ0v) is 11.6. The van der Waals surface area contributed by atoms with Gasteiger partial charge in [0, 0.05) is 6.08 Å². The average molecular weight is 285 g/mol. The number of carbonyl (C=O) groups excluding carboxylic acids is 1. The number of allylic oxidation sites excluding steroid dienone is 1. The molecule has 2 nitrogen and oxygen atoms in total. The largest absolute Gasteiger partial charge is 0.463 e. The summed E-state index contributed by atoms with van der Waals surface area (Å²) in [5, 5.41) is 1.08. The van der Waals surface area contributed by atoms with Crippen molar-refractivity contribution in [1.82, 2.24) is 0 Å². The Morgan fingerprint density at radius 3 is 2.78 bits per heavy atom. The second-order valence-corrected chi connectivity index (χ2v) is 5.01. The van der Waals surface area contributed by atoms with Crippen LogP contribution in [0.15, 0.2) is 18.2 Å². The fourth-order valence-electron chi connectivity index (χ4n) is 2.17. The lowest BCUT2D eigenvalue weighted by atomic mass is 9.87. The molecule has 0 aliphatic heterocycles. The quantitative estimate of drug-likeness (QED) is 0.599. The maximum atomic E-state index is 11.5. The van der Waals surface area contributed by atoms with Crippen LogP contribution in [0.3, 0.4) is 0 Å². The minimum atomic E-state index is -0.300. The van der Waals surface area contributed by atoms with E-state index < -0.39 is 0 Å². The molecule has 0 saturated heterocycles. The first-order chi connectivity index (χ1) is 8.61. The lowest BCUT2D eigenvalue weighted by molar-refractivity contribution is -0.137. The highest BCUT2D eigenvalue weighted by molar-refractivity contribution is 6.42. The van der Waals surface area contributed by atoms with Crippen molar-refractivity contribution in [1.29, 1.82) is 0 Å². The van der Waals surface area contributed by atoms with E-state index in [1.807, 2.05) is 12.1 Å². The molecule has 0 fully saturated rings. The second-order valence-electron chi connectivity index (χ2n) is 4.20. The highest BCUT2D eigenvalue weighted by Crippen LogP contribution is 2.36. The molecule has 1 aromatic rings. The first-order valence-electron chi connectivity index (χ1n) is 5.97. The van der Waals surface area contributed by atoms with E-state index in [9.17, 15) is 4.79 Å². The van der Waals surface area contributed by atoms with Gasteiger partial charge in [0.05, 0.1) is 16.7 Å². The van der Waals surface area contributed by atoms with Gasteiger partial charge < -0.3 is 4.74 Å². The minimum Gasteiger partial charge on any atom is -0.463 e. The number of halogens is 2. The predicted octanol–water partition coefficient (Wildman–Crippen LogP) is 4.28. The van der Waals surface area contributed by atoms with Crippen molar-refractivity contribution in [2.45, 2.75) is 26.2 Å². The third-order valence-electron chi connectivity index (χ3n) is 2.96. The molecule has 2 rings (SSSR count). The molecule has 18 heavy (non-hydrogen) atoms. The lowest BCUT2D eigenvalue weighted by Crippen LogP contribution is -2.06. The van der Waals surface area contributed by atoms with Crippen LogP contribution in [0.2, 0.25) is 10.0 Å². The summed E-state index contributed by atoms with van der Waals surface area (Å²) < 4.78 is 4.94. The third-order valence-corrected chi connectivity index (χ3v) is 3.69. The maximum absolute atomic E-state index is 11.5. The molecule has 96 valence electrons. The van der Waals surface area contributed by atoms with Crippen molar-refractivity contribution in [3.63, 3.8) is 0 Å². The van der Waals surface area contributed by atoms with Crippen LogP contribution in [0.5, 0.6) is 0 Å². The van der Waals surface area contributed by atoms with Crippen molar-refractivity contribution < 1.29 is 9.53 Å². The Morgan fingerprint density at radius 1 is 1.33 bits per heavy atom. The fourth-order valence-corrected chi connectivity index (χ4v) is 2.52. The van der Waals surface area contributed by atoms with E-state index in [0.29, 0.717) is 16.7 Å². The summed E-state index contributed by atoms with van der Waals surface area (Å²) >= 11 is 12.0. The van der Waals surface area contributed by atoms with E-state index in [-0.39, 0.29) is 5.97 Å². The van der Waals surface area contributed by atoms with Crippen molar-refractivity contribution in [3.8, 4) is 0 Å². The molecule has 0 heterocycles. The molecule has 0 N–H and O–H groups in total. The van der Waals surface area contributed by atoms with Gasteiger partial charge >= 0.3 is 5.97 Å². The Bertz CT molecular complexity index is 507. The van der Waals surface area contributed by atoms with Gasteiger partial charge in [-0.05, 0) is 55.0 Å². The van der Waals surface area contributed by atoms with Crippen LogP contribution in [-0.4, -0.2) is 12.6 Å². The average Bonchev–Trinajstić information content (AvgIpc) is 2.32. The topological polar surface area (TPSA) is 26.3 Å². The molecule has 1 aromatic carbocycles.